The predicted molar refractivity (Wildman–Crippen MR) is 156 cm³/mol. The second-order valence-electron chi connectivity index (χ2n) is 9.57. The van der Waals surface area contributed by atoms with Crippen LogP contribution in [0.4, 0.5) is 5.69 Å². The molecule has 0 aliphatic rings. The number of carbonyl (C=O) groups excluding carboxylic acids is 2. The first kappa shape index (κ1) is 30.2. The third-order valence-electron chi connectivity index (χ3n) is 6.70. The SMILES string of the molecule is CC[C@H](C)NC(=O)[C@H](C)N(CCc1ccccc1)C(=O)CN(c1cc(Cl)ccc1C)S(=O)(=O)c1ccccc1. The minimum atomic E-state index is -4.13. The second kappa shape index (κ2) is 13.6. The van der Waals surface area contributed by atoms with E-state index in [1.807, 2.05) is 44.2 Å². The van der Waals surface area contributed by atoms with Crippen LogP contribution in [-0.4, -0.2) is 50.3 Å². The Morgan fingerprint density at radius 2 is 1.56 bits per heavy atom. The molecule has 3 aromatic rings. The van der Waals surface area contributed by atoms with Crippen molar-refractivity contribution in [3.05, 3.63) is 95.0 Å². The van der Waals surface area contributed by atoms with Crippen molar-refractivity contribution in [1.29, 1.82) is 0 Å². The molecular formula is C30H36ClN3O4S. The van der Waals surface area contributed by atoms with Crippen LogP contribution in [0.3, 0.4) is 0 Å². The van der Waals surface area contributed by atoms with Crippen molar-refractivity contribution in [3.8, 4) is 0 Å². The van der Waals surface area contributed by atoms with Crippen LogP contribution in [0.1, 0.15) is 38.3 Å². The molecule has 0 unspecified atom stereocenters. The summed E-state index contributed by atoms with van der Waals surface area (Å²) < 4.78 is 28.8. The summed E-state index contributed by atoms with van der Waals surface area (Å²) in [4.78, 5) is 28.5. The number of nitrogens with one attached hydrogen (secondary N) is 1. The van der Waals surface area contributed by atoms with E-state index in [1.54, 1.807) is 44.2 Å². The monoisotopic (exact) mass is 569 g/mol. The van der Waals surface area contributed by atoms with Gasteiger partial charge in [0.15, 0.2) is 0 Å². The van der Waals surface area contributed by atoms with Crippen LogP contribution in [0, 0.1) is 6.92 Å². The average molecular weight is 570 g/mol. The lowest BCUT2D eigenvalue weighted by Crippen LogP contribution is -2.53. The van der Waals surface area contributed by atoms with E-state index in [9.17, 15) is 18.0 Å². The highest BCUT2D eigenvalue weighted by Crippen LogP contribution is 2.29. The van der Waals surface area contributed by atoms with Crippen LogP contribution >= 0.6 is 11.6 Å². The van der Waals surface area contributed by atoms with Crippen molar-refractivity contribution >= 4 is 39.1 Å². The van der Waals surface area contributed by atoms with Gasteiger partial charge < -0.3 is 10.2 Å². The summed E-state index contributed by atoms with van der Waals surface area (Å²) in [5, 5.41) is 3.28. The second-order valence-corrected chi connectivity index (χ2v) is 11.9. The molecule has 0 heterocycles. The largest absolute Gasteiger partial charge is 0.352 e. The molecule has 0 aliphatic heterocycles. The first-order valence-electron chi connectivity index (χ1n) is 13.0. The molecule has 3 aromatic carbocycles. The Labute approximate surface area is 236 Å². The van der Waals surface area contributed by atoms with E-state index in [2.05, 4.69) is 5.32 Å². The minimum absolute atomic E-state index is 0.0515. The Morgan fingerprint density at radius 1 is 0.949 bits per heavy atom. The first-order chi connectivity index (χ1) is 18.5. The molecule has 0 bridgehead atoms. The molecule has 7 nitrogen and oxygen atoms in total. The Morgan fingerprint density at radius 3 is 2.18 bits per heavy atom. The number of aryl methyl sites for hydroxylation is 1. The maximum absolute atomic E-state index is 13.9. The highest BCUT2D eigenvalue weighted by Gasteiger charge is 2.33. The topological polar surface area (TPSA) is 86.8 Å². The molecule has 0 radical (unpaired) electrons. The summed E-state index contributed by atoms with van der Waals surface area (Å²) in [5.41, 5.74) is 1.95. The Kier molecular flexibility index (Phi) is 10.5. The van der Waals surface area contributed by atoms with Crippen molar-refractivity contribution in [2.75, 3.05) is 17.4 Å². The van der Waals surface area contributed by atoms with Gasteiger partial charge in [0.05, 0.1) is 10.6 Å². The molecule has 2 amide bonds. The van der Waals surface area contributed by atoms with Gasteiger partial charge in [-0.05, 0) is 69.0 Å². The third-order valence-corrected chi connectivity index (χ3v) is 8.71. The zero-order chi connectivity index (χ0) is 28.6. The van der Waals surface area contributed by atoms with E-state index in [0.717, 1.165) is 16.3 Å². The number of benzene rings is 3. The maximum atomic E-state index is 13.9. The predicted octanol–water partition coefficient (Wildman–Crippen LogP) is 5.22. The highest BCUT2D eigenvalue weighted by atomic mass is 35.5. The molecule has 3 rings (SSSR count). The molecule has 0 spiro atoms. The first-order valence-corrected chi connectivity index (χ1v) is 14.8. The molecule has 2 atom stereocenters. The van der Waals surface area contributed by atoms with Gasteiger partial charge in [0.1, 0.15) is 12.6 Å². The van der Waals surface area contributed by atoms with Crippen LogP contribution in [0.15, 0.2) is 83.8 Å². The molecule has 0 saturated carbocycles. The Hall–Kier alpha value is -3.36. The molecule has 208 valence electrons. The summed E-state index contributed by atoms with van der Waals surface area (Å²) in [6, 6.07) is 21.7. The number of hydrogen-bond donors (Lipinski definition) is 1. The molecule has 9 heteroatoms. The van der Waals surface area contributed by atoms with Gasteiger partial charge in [0.25, 0.3) is 10.0 Å². The number of sulfonamides is 1. The van der Waals surface area contributed by atoms with E-state index in [4.69, 9.17) is 11.6 Å². The van der Waals surface area contributed by atoms with Crippen LogP contribution in [0.5, 0.6) is 0 Å². The quantitative estimate of drug-likeness (QED) is 0.324. The van der Waals surface area contributed by atoms with Gasteiger partial charge in [-0.2, -0.15) is 0 Å². The van der Waals surface area contributed by atoms with E-state index in [0.29, 0.717) is 22.7 Å². The normalized spacial score (nSPS) is 12.8. The Bertz CT molecular complexity index is 1370. The lowest BCUT2D eigenvalue weighted by Gasteiger charge is -2.33. The smallest absolute Gasteiger partial charge is 0.264 e. The number of halogens is 1. The van der Waals surface area contributed by atoms with Crippen molar-refractivity contribution in [2.45, 2.75) is 57.5 Å². The van der Waals surface area contributed by atoms with E-state index in [-0.39, 0.29) is 23.4 Å². The number of anilines is 1. The molecule has 0 aromatic heterocycles. The fourth-order valence-corrected chi connectivity index (χ4v) is 5.78. The van der Waals surface area contributed by atoms with E-state index in [1.165, 1.54) is 23.1 Å². The van der Waals surface area contributed by atoms with Gasteiger partial charge >= 0.3 is 0 Å². The standard InChI is InChI=1S/C30H36ClN3O4S/c1-5-23(3)32-30(36)24(4)33(19-18-25-12-8-6-9-13-25)29(35)21-34(28-20-26(31)17-16-22(28)2)39(37,38)27-14-10-7-11-15-27/h6-17,20,23-24H,5,18-19,21H2,1-4H3,(H,32,36)/t23-,24-/m0/s1. The van der Waals surface area contributed by atoms with Crippen molar-refractivity contribution in [1.82, 2.24) is 10.2 Å². The number of carbonyl (C=O) groups is 2. The van der Waals surface area contributed by atoms with Gasteiger partial charge in [-0.1, -0.05) is 73.1 Å². The van der Waals surface area contributed by atoms with Gasteiger partial charge in [-0.15, -0.1) is 0 Å². The fraction of sp³-hybridized carbons (Fsp3) is 0.333. The molecule has 1 N–H and O–H groups in total. The van der Waals surface area contributed by atoms with Crippen LogP contribution in [0.2, 0.25) is 5.02 Å². The summed E-state index contributed by atoms with van der Waals surface area (Å²) in [5.74, 6) is -0.779. The molecule has 39 heavy (non-hydrogen) atoms. The van der Waals surface area contributed by atoms with Crippen molar-refractivity contribution < 1.29 is 18.0 Å². The van der Waals surface area contributed by atoms with Gasteiger partial charge in [-0.25, -0.2) is 8.42 Å². The van der Waals surface area contributed by atoms with Crippen molar-refractivity contribution in [2.24, 2.45) is 0 Å². The third kappa shape index (κ3) is 7.83. The number of amides is 2. The van der Waals surface area contributed by atoms with Crippen molar-refractivity contribution in [3.63, 3.8) is 0 Å². The van der Waals surface area contributed by atoms with Crippen LogP contribution in [0.25, 0.3) is 0 Å². The zero-order valence-electron chi connectivity index (χ0n) is 22.8. The zero-order valence-corrected chi connectivity index (χ0v) is 24.4. The lowest BCUT2D eigenvalue weighted by atomic mass is 10.1. The van der Waals surface area contributed by atoms with Crippen LogP contribution < -0.4 is 9.62 Å². The average Bonchev–Trinajstić information content (AvgIpc) is 2.94. The molecule has 0 fully saturated rings. The Balaban J connectivity index is 2.00. The molecule has 0 aliphatic carbocycles. The maximum Gasteiger partial charge on any atom is 0.264 e. The van der Waals surface area contributed by atoms with Gasteiger partial charge in [0.2, 0.25) is 11.8 Å². The number of nitrogens with zero attached hydrogens (tertiary/aromatic N) is 2. The summed E-state index contributed by atoms with van der Waals surface area (Å²) in [6.45, 7) is 7.05. The van der Waals surface area contributed by atoms with Gasteiger partial charge in [0, 0.05) is 17.6 Å². The number of rotatable bonds is 12. The van der Waals surface area contributed by atoms with Gasteiger partial charge in [-0.3, -0.25) is 13.9 Å². The lowest BCUT2D eigenvalue weighted by molar-refractivity contribution is -0.139. The summed E-state index contributed by atoms with van der Waals surface area (Å²) >= 11 is 6.26. The van der Waals surface area contributed by atoms with E-state index >= 15 is 0 Å². The summed E-state index contributed by atoms with van der Waals surface area (Å²) in [6.07, 6.45) is 1.25. The molecule has 0 saturated heterocycles. The minimum Gasteiger partial charge on any atom is -0.352 e. The highest BCUT2D eigenvalue weighted by molar-refractivity contribution is 7.92. The van der Waals surface area contributed by atoms with E-state index < -0.39 is 28.5 Å². The summed E-state index contributed by atoms with van der Waals surface area (Å²) in [7, 11) is -4.13. The number of hydrogen-bond acceptors (Lipinski definition) is 4. The van der Waals surface area contributed by atoms with Crippen LogP contribution in [-0.2, 0) is 26.0 Å². The molecular weight excluding hydrogens is 534 g/mol. The fourth-order valence-electron chi connectivity index (χ4n) is 4.12.